The number of methoxy groups -OCH3 is 1. The summed E-state index contributed by atoms with van der Waals surface area (Å²) < 4.78 is 6.58. The molecular formula is C13H21BrN4O3. The quantitative estimate of drug-likeness (QED) is 0.721. The third kappa shape index (κ3) is 5.13. The average molecular weight is 361 g/mol. The Labute approximate surface area is 132 Å². The number of nitrogens with one attached hydrogen (secondary N) is 2. The van der Waals surface area contributed by atoms with Gasteiger partial charge in [-0.3, -0.25) is 9.59 Å². The van der Waals surface area contributed by atoms with Gasteiger partial charge in [-0.05, 0) is 29.3 Å². The number of halogens is 1. The Balaban J connectivity index is 2.78. The fourth-order valence-corrected chi connectivity index (χ4v) is 2.02. The maximum Gasteiger partial charge on any atom is 0.283 e. The normalized spacial score (nSPS) is 12.0. The lowest BCUT2D eigenvalue weighted by Crippen LogP contribution is -2.38. The first kappa shape index (κ1) is 17.6. The van der Waals surface area contributed by atoms with Gasteiger partial charge >= 0.3 is 0 Å². The Bertz CT molecular complexity index is 533. The molecule has 1 atom stereocenters. The molecule has 0 saturated heterocycles. The topological polar surface area (TPSA) is 85.2 Å². The van der Waals surface area contributed by atoms with Crippen LogP contribution >= 0.6 is 15.9 Å². The van der Waals surface area contributed by atoms with Crippen LogP contribution in [0.1, 0.15) is 20.3 Å². The second-order valence-corrected chi connectivity index (χ2v) is 5.34. The zero-order valence-electron chi connectivity index (χ0n) is 12.5. The second kappa shape index (κ2) is 8.78. The maximum absolute atomic E-state index is 12.1. The van der Waals surface area contributed by atoms with Crippen molar-refractivity contribution in [1.29, 1.82) is 0 Å². The van der Waals surface area contributed by atoms with E-state index in [1.807, 2.05) is 6.92 Å². The van der Waals surface area contributed by atoms with Crippen molar-refractivity contribution >= 4 is 27.5 Å². The largest absolute Gasteiger partial charge is 0.383 e. The monoisotopic (exact) mass is 360 g/mol. The minimum absolute atomic E-state index is 0.118. The zero-order valence-corrected chi connectivity index (χ0v) is 14.1. The van der Waals surface area contributed by atoms with Crippen molar-refractivity contribution in [2.75, 3.05) is 25.6 Å². The molecule has 8 heteroatoms. The predicted octanol–water partition coefficient (Wildman–Crippen LogP) is 0.979. The summed E-state index contributed by atoms with van der Waals surface area (Å²) >= 11 is 3.24. The number of carbonyl (C=O) groups is 1. The maximum atomic E-state index is 12.1. The van der Waals surface area contributed by atoms with E-state index >= 15 is 0 Å². The van der Waals surface area contributed by atoms with Crippen LogP contribution in [0.3, 0.4) is 0 Å². The molecule has 1 amide bonds. The Morgan fingerprint density at radius 2 is 2.29 bits per heavy atom. The van der Waals surface area contributed by atoms with Crippen LogP contribution in [0.2, 0.25) is 0 Å². The molecule has 0 fully saturated rings. The molecule has 1 rings (SSSR count). The van der Waals surface area contributed by atoms with Crippen LogP contribution in [0, 0.1) is 0 Å². The number of anilines is 1. The summed E-state index contributed by atoms with van der Waals surface area (Å²) in [6.07, 6.45) is 2.39. The smallest absolute Gasteiger partial charge is 0.283 e. The highest BCUT2D eigenvalue weighted by molar-refractivity contribution is 9.10. The first-order chi connectivity index (χ1) is 10.0. The molecule has 1 aromatic heterocycles. The minimum Gasteiger partial charge on any atom is -0.383 e. The fourth-order valence-electron chi connectivity index (χ4n) is 1.60. The molecule has 0 aromatic carbocycles. The molecule has 0 saturated carbocycles. The highest BCUT2D eigenvalue weighted by Crippen LogP contribution is 2.17. The lowest BCUT2D eigenvalue weighted by molar-refractivity contribution is -0.121. The van der Waals surface area contributed by atoms with Gasteiger partial charge in [0.25, 0.3) is 5.56 Å². The summed E-state index contributed by atoms with van der Waals surface area (Å²) in [5.74, 6) is -0.118. The van der Waals surface area contributed by atoms with E-state index in [1.165, 1.54) is 10.9 Å². The third-order valence-electron chi connectivity index (χ3n) is 2.81. The van der Waals surface area contributed by atoms with Crippen molar-refractivity contribution in [2.24, 2.45) is 0 Å². The molecule has 0 aliphatic rings. The number of carbonyl (C=O) groups excluding carboxylic acids is 1. The van der Waals surface area contributed by atoms with Gasteiger partial charge in [-0.2, -0.15) is 5.10 Å². The zero-order chi connectivity index (χ0) is 15.8. The molecule has 1 aromatic rings. The van der Waals surface area contributed by atoms with Crippen LogP contribution in [-0.4, -0.2) is 42.0 Å². The standard InChI is InChI=1S/C13H21BrN4O3/c1-4-5-15-12(19)9(2)17-10-8-16-18(6-7-21-3)13(20)11(10)14/h8-9,17H,4-7H2,1-3H3,(H,15,19). The predicted molar refractivity (Wildman–Crippen MR) is 84.5 cm³/mol. The Kier molecular flexibility index (Phi) is 7.38. The highest BCUT2D eigenvalue weighted by atomic mass is 79.9. The van der Waals surface area contributed by atoms with Crippen molar-refractivity contribution in [3.8, 4) is 0 Å². The van der Waals surface area contributed by atoms with Gasteiger partial charge in [-0.15, -0.1) is 0 Å². The van der Waals surface area contributed by atoms with E-state index in [0.717, 1.165) is 6.42 Å². The minimum atomic E-state index is -0.455. The SMILES string of the molecule is CCCNC(=O)C(C)Nc1cnn(CCOC)c(=O)c1Br. The van der Waals surface area contributed by atoms with E-state index in [4.69, 9.17) is 4.74 Å². The first-order valence-electron chi connectivity index (χ1n) is 6.80. The van der Waals surface area contributed by atoms with Crippen molar-refractivity contribution in [3.05, 3.63) is 21.0 Å². The molecule has 2 N–H and O–H groups in total. The van der Waals surface area contributed by atoms with E-state index in [2.05, 4.69) is 31.7 Å². The molecule has 0 aliphatic carbocycles. The van der Waals surface area contributed by atoms with Crippen LogP contribution in [0.15, 0.2) is 15.5 Å². The molecule has 1 heterocycles. The molecular weight excluding hydrogens is 340 g/mol. The molecule has 118 valence electrons. The summed E-state index contributed by atoms with van der Waals surface area (Å²) in [5, 5.41) is 9.82. The Morgan fingerprint density at radius 3 is 2.90 bits per heavy atom. The summed E-state index contributed by atoms with van der Waals surface area (Å²) in [6, 6.07) is -0.455. The summed E-state index contributed by atoms with van der Waals surface area (Å²) in [6.45, 7) is 5.12. The number of hydrogen-bond donors (Lipinski definition) is 2. The van der Waals surface area contributed by atoms with Crippen LogP contribution in [0.5, 0.6) is 0 Å². The van der Waals surface area contributed by atoms with Crippen LogP contribution in [0.25, 0.3) is 0 Å². The molecule has 0 spiro atoms. The van der Waals surface area contributed by atoms with E-state index < -0.39 is 6.04 Å². The van der Waals surface area contributed by atoms with Crippen molar-refractivity contribution in [2.45, 2.75) is 32.9 Å². The van der Waals surface area contributed by atoms with Gasteiger partial charge in [0.2, 0.25) is 5.91 Å². The van der Waals surface area contributed by atoms with Gasteiger partial charge in [-0.25, -0.2) is 4.68 Å². The summed E-state index contributed by atoms with van der Waals surface area (Å²) in [5.41, 5.74) is 0.228. The van der Waals surface area contributed by atoms with Crippen LogP contribution in [-0.2, 0) is 16.1 Å². The number of nitrogens with zero attached hydrogens (tertiary/aromatic N) is 2. The third-order valence-corrected chi connectivity index (χ3v) is 3.57. The first-order valence-corrected chi connectivity index (χ1v) is 7.59. The lowest BCUT2D eigenvalue weighted by atomic mass is 10.3. The molecule has 0 radical (unpaired) electrons. The van der Waals surface area contributed by atoms with Gasteiger partial charge in [0.15, 0.2) is 0 Å². The second-order valence-electron chi connectivity index (χ2n) is 4.55. The highest BCUT2D eigenvalue weighted by Gasteiger charge is 2.15. The number of hydrogen-bond acceptors (Lipinski definition) is 5. The van der Waals surface area contributed by atoms with Gasteiger partial charge < -0.3 is 15.4 Å². The van der Waals surface area contributed by atoms with Crippen molar-refractivity contribution in [3.63, 3.8) is 0 Å². The van der Waals surface area contributed by atoms with Crippen molar-refractivity contribution in [1.82, 2.24) is 15.1 Å². The Morgan fingerprint density at radius 1 is 1.57 bits per heavy atom. The Hall–Kier alpha value is -1.41. The van der Waals surface area contributed by atoms with E-state index in [1.54, 1.807) is 14.0 Å². The number of aromatic nitrogens is 2. The molecule has 7 nitrogen and oxygen atoms in total. The summed E-state index contributed by atoms with van der Waals surface area (Å²) in [4.78, 5) is 23.9. The molecule has 0 bridgehead atoms. The van der Waals surface area contributed by atoms with E-state index in [0.29, 0.717) is 29.9 Å². The van der Waals surface area contributed by atoms with Crippen LogP contribution in [0.4, 0.5) is 5.69 Å². The average Bonchev–Trinajstić information content (AvgIpc) is 2.48. The molecule has 21 heavy (non-hydrogen) atoms. The number of rotatable bonds is 8. The van der Waals surface area contributed by atoms with Crippen molar-refractivity contribution < 1.29 is 9.53 Å². The van der Waals surface area contributed by atoms with E-state index in [9.17, 15) is 9.59 Å². The molecule has 0 aliphatic heterocycles. The fraction of sp³-hybridized carbons (Fsp3) is 0.615. The number of ether oxygens (including phenoxy) is 1. The van der Waals surface area contributed by atoms with E-state index in [-0.39, 0.29) is 11.5 Å². The summed E-state index contributed by atoms with van der Waals surface area (Å²) in [7, 11) is 1.56. The lowest BCUT2D eigenvalue weighted by Gasteiger charge is -2.16. The van der Waals surface area contributed by atoms with Gasteiger partial charge in [-0.1, -0.05) is 6.92 Å². The van der Waals surface area contributed by atoms with Crippen LogP contribution < -0.4 is 16.2 Å². The van der Waals surface area contributed by atoms with Gasteiger partial charge in [0, 0.05) is 13.7 Å². The van der Waals surface area contributed by atoms with Gasteiger partial charge in [0.1, 0.15) is 10.5 Å². The van der Waals surface area contributed by atoms with Gasteiger partial charge in [0.05, 0.1) is 25.0 Å². The number of amides is 1. The molecule has 1 unspecified atom stereocenters.